The Labute approximate surface area is 223 Å². The van der Waals surface area contributed by atoms with E-state index in [1.165, 1.54) is 18.2 Å². The lowest BCUT2D eigenvalue weighted by Gasteiger charge is -2.14. The number of nitrogens with one attached hydrogen (secondary N) is 2. The minimum Gasteiger partial charge on any atom is -0.325 e. The molecule has 2 N–H and O–H groups in total. The van der Waals surface area contributed by atoms with Crippen molar-refractivity contribution in [2.75, 3.05) is 31.3 Å². The minimum atomic E-state index is -0.713. The first-order chi connectivity index (χ1) is 18.3. The Hall–Kier alpha value is -4.21. The molecule has 7 nitrogen and oxygen atoms in total. The van der Waals surface area contributed by atoms with Crippen molar-refractivity contribution in [1.29, 1.82) is 0 Å². The molecular formula is C28H23ClF2N6O. The van der Waals surface area contributed by atoms with Gasteiger partial charge >= 0.3 is 0 Å². The Kier molecular flexibility index (Phi) is 7.13. The first-order valence-corrected chi connectivity index (χ1v) is 12.1. The third-order valence-electron chi connectivity index (χ3n) is 5.85. The number of nitrogens with zero attached hydrogens (tertiary/aromatic N) is 4. The van der Waals surface area contributed by atoms with Gasteiger partial charge in [0.15, 0.2) is 0 Å². The van der Waals surface area contributed by atoms with Crippen LogP contribution in [-0.2, 0) is 11.3 Å². The maximum atomic E-state index is 14.7. The predicted molar refractivity (Wildman–Crippen MR) is 145 cm³/mol. The summed E-state index contributed by atoms with van der Waals surface area (Å²) in [4.78, 5) is 27.4. The molecule has 0 spiro atoms. The van der Waals surface area contributed by atoms with Crippen LogP contribution in [-0.4, -0.2) is 47.1 Å². The van der Waals surface area contributed by atoms with E-state index in [-0.39, 0.29) is 30.3 Å². The lowest BCUT2D eigenvalue weighted by atomic mass is 9.95. The van der Waals surface area contributed by atoms with Crippen molar-refractivity contribution in [2.45, 2.75) is 6.54 Å². The first kappa shape index (κ1) is 25.4. The number of likely N-dealkylation sites (N-methyl/N-ethyl adjacent to an activating group) is 1. The number of hydrogen-bond acceptors (Lipinski definition) is 6. The first-order valence-electron chi connectivity index (χ1n) is 11.7. The molecule has 0 unspecified atom stereocenters. The molecule has 0 radical (unpaired) electrons. The summed E-state index contributed by atoms with van der Waals surface area (Å²) in [7, 11) is 3.65. The number of halogens is 3. The molecule has 0 fully saturated rings. The van der Waals surface area contributed by atoms with Gasteiger partial charge in [0.1, 0.15) is 11.6 Å². The predicted octanol–water partition coefficient (Wildman–Crippen LogP) is 5.67. The molecular weight excluding hydrogens is 510 g/mol. The molecule has 0 saturated heterocycles. The van der Waals surface area contributed by atoms with Crippen LogP contribution < -0.4 is 10.6 Å². The number of fused-ring (bicyclic) bond motifs is 3. The average molecular weight is 533 g/mol. The van der Waals surface area contributed by atoms with Crippen LogP contribution in [0.25, 0.3) is 11.3 Å². The van der Waals surface area contributed by atoms with E-state index < -0.39 is 11.6 Å². The van der Waals surface area contributed by atoms with Crippen LogP contribution in [0.2, 0.25) is 5.02 Å². The number of amides is 1. The van der Waals surface area contributed by atoms with E-state index in [2.05, 4.69) is 20.6 Å². The number of hydrogen-bond donors (Lipinski definition) is 2. The molecule has 1 aromatic heterocycles. The van der Waals surface area contributed by atoms with E-state index in [4.69, 9.17) is 16.6 Å². The monoisotopic (exact) mass is 532 g/mol. The van der Waals surface area contributed by atoms with Crippen molar-refractivity contribution in [2.24, 2.45) is 4.99 Å². The zero-order valence-electron chi connectivity index (χ0n) is 20.6. The highest BCUT2D eigenvalue weighted by Gasteiger charge is 2.25. The van der Waals surface area contributed by atoms with Crippen LogP contribution in [0, 0.1) is 11.6 Å². The molecule has 2 heterocycles. The summed E-state index contributed by atoms with van der Waals surface area (Å²) >= 11 is 6.28. The van der Waals surface area contributed by atoms with Crippen molar-refractivity contribution in [3.8, 4) is 11.3 Å². The molecule has 0 aliphatic carbocycles. The number of aliphatic imine (C=N–C) groups is 1. The number of carbonyl (C=O) groups excluding carboxylic acids is 1. The summed E-state index contributed by atoms with van der Waals surface area (Å²) < 4.78 is 29.5. The number of rotatable bonds is 6. The van der Waals surface area contributed by atoms with Gasteiger partial charge in [0, 0.05) is 39.3 Å². The highest BCUT2D eigenvalue weighted by atomic mass is 35.5. The second-order valence-corrected chi connectivity index (χ2v) is 9.44. The van der Waals surface area contributed by atoms with Gasteiger partial charge in [0.2, 0.25) is 11.9 Å². The Morgan fingerprint density at radius 3 is 2.42 bits per heavy atom. The lowest BCUT2D eigenvalue weighted by Crippen LogP contribution is -2.27. The highest BCUT2D eigenvalue weighted by Crippen LogP contribution is 2.34. The van der Waals surface area contributed by atoms with Gasteiger partial charge in [-0.15, -0.1) is 0 Å². The molecule has 5 rings (SSSR count). The summed E-state index contributed by atoms with van der Waals surface area (Å²) in [5.41, 5.74) is 3.72. The lowest BCUT2D eigenvalue weighted by molar-refractivity contribution is -0.116. The van der Waals surface area contributed by atoms with E-state index >= 15 is 0 Å². The zero-order valence-corrected chi connectivity index (χ0v) is 21.4. The largest absolute Gasteiger partial charge is 0.325 e. The van der Waals surface area contributed by atoms with Gasteiger partial charge in [-0.1, -0.05) is 23.7 Å². The summed E-state index contributed by atoms with van der Waals surface area (Å²) in [5, 5.41) is 6.41. The van der Waals surface area contributed by atoms with Gasteiger partial charge in [-0.05, 0) is 62.6 Å². The Bertz CT molecular complexity index is 1540. The smallest absolute Gasteiger partial charge is 0.238 e. The van der Waals surface area contributed by atoms with Crippen LogP contribution in [0.5, 0.6) is 0 Å². The van der Waals surface area contributed by atoms with Crippen LogP contribution in [0.1, 0.15) is 16.7 Å². The minimum absolute atomic E-state index is 0.111. The van der Waals surface area contributed by atoms with Crippen molar-refractivity contribution in [3.63, 3.8) is 0 Å². The molecule has 10 heteroatoms. The number of anilines is 3. The van der Waals surface area contributed by atoms with Crippen molar-refractivity contribution in [1.82, 2.24) is 14.9 Å². The molecule has 1 amide bonds. The molecule has 1 aliphatic rings. The molecule has 3 aromatic carbocycles. The van der Waals surface area contributed by atoms with Crippen LogP contribution in [0.15, 0.2) is 71.9 Å². The maximum Gasteiger partial charge on any atom is 0.238 e. The number of benzene rings is 3. The Morgan fingerprint density at radius 2 is 1.71 bits per heavy atom. The Morgan fingerprint density at radius 1 is 1.00 bits per heavy atom. The van der Waals surface area contributed by atoms with Crippen molar-refractivity contribution >= 4 is 40.5 Å². The van der Waals surface area contributed by atoms with E-state index in [1.807, 2.05) is 14.1 Å². The highest BCUT2D eigenvalue weighted by molar-refractivity contribution is 6.31. The van der Waals surface area contributed by atoms with Crippen LogP contribution >= 0.6 is 11.6 Å². The van der Waals surface area contributed by atoms with Crippen molar-refractivity contribution < 1.29 is 13.6 Å². The summed E-state index contributed by atoms with van der Waals surface area (Å²) in [6.07, 6.45) is 1.64. The Balaban J connectivity index is 1.46. The van der Waals surface area contributed by atoms with E-state index in [9.17, 15) is 13.6 Å². The van der Waals surface area contributed by atoms with Crippen molar-refractivity contribution in [3.05, 3.63) is 100 Å². The van der Waals surface area contributed by atoms with Gasteiger partial charge in [-0.3, -0.25) is 9.79 Å². The number of carbonyl (C=O) groups is 1. The second kappa shape index (κ2) is 10.6. The van der Waals surface area contributed by atoms with E-state index in [0.29, 0.717) is 44.7 Å². The fraction of sp³-hybridized carbons (Fsp3) is 0.143. The molecule has 4 aromatic rings. The van der Waals surface area contributed by atoms with Crippen LogP contribution in [0.3, 0.4) is 0 Å². The van der Waals surface area contributed by atoms with Gasteiger partial charge in [-0.2, -0.15) is 0 Å². The normalized spacial score (nSPS) is 12.3. The molecule has 1 aliphatic heterocycles. The fourth-order valence-corrected chi connectivity index (χ4v) is 4.35. The fourth-order valence-electron chi connectivity index (χ4n) is 4.18. The van der Waals surface area contributed by atoms with Gasteiger partial charge < -0.3 is 15.5 Å². The molecule has 192 valence electrons. The third kappa shape index (κ3) is 5.39. The van der Waals surface area contributed by atoms with Crippen LogP contribution in [0.4, 0.5) is 26.1 Å². The average Bonchev–Trinajstić information content (AvgIpc) is 3.01. The molecule has 0 bridgehead atoms. The standard InChI is InChI=1S/C28H23ClF2N6O/c1-37(2)15-24(38)34-18-7-9-19(10-8-18)35-28-33-14-16-13-32-27(25-22(30)4-3-5-23(25)31)21-12-17(29)6-11-20(21)26(16)36-28/h3-12,14H,13,15H2,1-2H3,(H,34,38)(H,33,35,36). The molecule has 0 saturated carbocycles. The van der Waals surface area contributed by atoms with Gasteiger partial charge in [-0.25, -0.2) is 18.7 Å². The maximum absolute atomic E-state index is 14.7. The number of aromatic nitrogens is 2. The van der Waals surface area contributed by atoms with E-state index in [0.717, 1.165) is 0 Å². The molecule has 38 heavy (non-hydrogen) atoms. The zero-order chi connectivity index (χ0) is 26.8. The topological polar surface area (TPSA) is 82.5 Å². The SMILES string of the molecule is CN(C)CC(=O)Nc1ccc(Nc2ncc3c(n2)-c2ccc(Cl)cc2C(c2c(F)cccc2F)=NC3)cc1. The second-order valence-electron chi connectivity index (χ2n) is 9.01. The third-order valence-corrected chi connectivity index (χ3v) is 6.08. The summed E-state index contributed by atoms with van der Waals surface area (Å²) in [5.74, 6) is -1.21. The summed E-state index contributed by atoms with van der Waals surface area (Å²) in [6, 6.07) is 16.0. The quantitative estimate of drug-likeness (QED) is 0.334. The van der Waals surface area contributed by atoms with E-state index in [1.54, 1.807) is 53.6 Å². The summed E-state index contributed by atoms with van der Waals surface area (Å²) in [6.45, 7) is 0.414. The van der Waals surface area contributed by atoms with Gasteiger partial charge in [0.05, 0.1) is 30.1 Å². The van der Waals surface area contributed by atoms with Gasteiger partial charge in [0.25, 0.3) is 0 Å². The molecule has 0 atom stereocenters.